The summed E-state index contributed by atoms with van der Waals surface area (Å²) in [6.45, 7) is 0. The summed E-state index contributed by atoms with van der Waals surface area (Å²) >= 11 is 11.7. The highest BCUT2D eigenvalue weighted by molar-refractivity contribution is 7.91. The summed E-state index contributed by atoms with van der Waals surface area (Å²) in [6.07, 6.45) is 1.18. The van der Waals surface area contributed by atoms with E-state index in [-0.39, 0.29) is 29.6 Å². The summed E-state index contributed by atoms with van der Waals surface area (Å²) in [5.41, 5.74) is 0.806. The summed E-state index contributed by atoms with van der Waals surface area (Å²) < 4.78 is 22.6. The molecule has 1 fully saturated rings. The van der Waals surface area contributed by atoms with Gasteiger partial charge in [0.1, 0.15) is 5.78 Å². The van der Waals surface area contributed by atoms with E-state index in [2.05, 4.69) is 0 Å². The lowest BCUT2D eigenvalue weighted by Crippen LogP contribution is -2.12. The van der Waals surface area contributed by atoms with Crippen molar-refractivity contribution in [3.8, 4) is 0 Å². The molecule has 1 aliphatic heterocycles. The van der Waals surface area contributed by atoms with E-state index in [1.54, 1.807) is 18.2 Å². The van der Waals surface area contributed by atoms with Gasteiger partial charge in [-0.15, -0.1) is 0 Å². The maximum atomic E-state index is 11.9. The number of halogens is 2. The molecule has 1 aliphatic rings. The molecule has 1 aromatic carbocycles. The molecule has 0 aliphatic carbocycles. The van der Waals surface area contributed by atoms with Crippen molar-refractivity contribution in [3.05, 3.63) is 33.8 Å². The minimum atomic E-state index is -2.92. The molecule has 3 nitrogen and oxygen atoms in total. The van der Waals surface area contributed by atoms with Gasteiger partial charge in [-0.2, -0.15) is 0 Å². The molecule has 6 heteroatoms. The first kappa shape index (κ1) is 14.8. The van der Waals surface area contributed by atoms with Crippen LogP contribution in [0.2, 0.25) is 10.0 Å². The topological polar surface area (TPSA) is 51.2 Å². The molecular formula is C13H14Cl2O3S. The minimum absolute atomic E-state index is 0.0275. The second-order valence-electron chi connectivity index (χ2n) is 4.94. The Morgan fingerprint density at radius 2 is 2.00 bits per heavy atom. The number of carbonyl (C=O) groups is 1. The largest absolute Gasteiger partial charge is 0.299 e. The number of benzene rings is 1. The fourth-order valence-electron chi connectivity index (χ4n) is 2.30. The molecule has 1 aromatic rings. The van der Waals surface area contributed by atoms with Crippen molar-refractivity contribution in [1.29, 1.82) is 0 Å². The van der Waals surface area contributed by atoms with Crippen LogP contribution in [0.5, 0.6) is 0 Å². The first-order chi connectivity index (χ1) is 8.85. The molecule has 1 saturated heterocycles. The zero-order chi connectivity index (χ0) is 14.0. The Morgan fingerprint density at radius 1 is 1.26 bits per heavy atom. The van der Waals surface area contributed by atoms with Gasteiger partial charge in [0.25, 0.3) is 0 Å². The van der Waals surface area contributed by atoms with Gasteiger partial charge in [-0.1, -0.05) is 29.3 Å². The Balaban J connectivity index is 1.93. The van der Waals surface area contributed by atoms with E-state index in [1.165, 1.54) is 0 Å². The van der Waals surface area contributed by atoms with Crippen LogP contribution in [-0.4, -0.2) is 25.7 Å². The third kappa shape index (κ3) is 4.20. The number of carbonyl (C=O) groups excluding carboxylic acids is 1. The standard InChI is InChI=1S/C13H14Cl2O3S/c14-12-2-1-9(7-13(12)15)5-11(16)6-10-3-4-19(17,18)8-10/h1-2,7,10H,3-6,8H2. The summed E-state index contributed by atoms with van der Waals surface area (Å²) in [6, 6.07) is 5.09. The highest BCUT2D eigenvalue weighted by atomic mass is 35.5. The molecule has 1 atom stereocenters. The Kier molecular flexibility index (Phi) is 4.54. The van der Waals surface area contributed by atoms with E-state index in [1.807, 2.05) is 0 Å². The second-order valence-corrected chi connectivity index (χ2v) is 7.98. The van der Waals surface area contributed by atoms with Gasteiger partial charge in [0, 0.05) is 12.8 Å². The van der Waals surface area contributed by atoms with Crippen molar-refractivity contribution in [3.63, 3.8) is 0 Å². The lowest BCUT2D eigenvalue weighted by molar-refractivity contribution is -0.119. The summed E-state index contributed by atoms with van der Waals surface area (Å²) in [7, 11) is -2.92. The molecule has 1 unspecified atom stereocenters. The van der Waals surface area contributed by atoms with E-state index in [0.717, 1.165) is 5.56 Å². The minimum Gasteiger partial charge on any atom is -0.299 e. The summed E-state index contributed by atoms with van der Waals surface area (Å²) in [5.74, 6) is 0.360. The maximum Gasteiger partial charge on any atom is 0.150 e. The molecule has 19 heavy (non-hydrogen) atoms. The monoisotopic (exact) mass is 320 g/mol. The third-order valence-corrected chi connectivity index (χ3v) is 5.80. The first-order valence-corrected chi connectivity index (χ1v) is 8.59. The smallest absolute Gasteiger partial charge is 0.150 e. The number of hydrogen-bond donors (Lipinski definition) is 0. The molecule has 0 radical (unpaired) electrons. The van der Waals surface area contributed by atoms with E-state index < -0.39 is 9.84 Å². The quantitative estimate of drug-likeness (QED) is 0.857. The normalized spacial score (nSPS) is 21.5. The lowest BCUT2D eigenvalue weighted by Gasteiger charge is -2.07. The lowest BCUT2D eigenvalue weighted by atomic mass is 9.98. The molecule has 0 aromatic heterocycles. The molecular weight excluding hydrogens is 307 g/mol. The molecule has 0 bridgehead atoms. The number of hydrogen-bond acceptors (Lipinski definition) is 3. The van der Waals surface area contributed by atoms with Gasteiger partial charge in [0.05, 0.1) is 21.6 Å². The second kappa shape index (κ2) is 5.81. The van der Waals surface area contributed by atoms with Crippen molar-refractivity contribution in [2.45, 2.75) is 19.3 Å². The van der Waals surface area contributed by atoms with Crippen molar-refractivity contribution >= 4 is 38.8 Å². The summed E-state index contributed by atoms with van der Waals surface area (Å²) in [4.78, 5) is 11.9. The first-order valence-electron chi connectivity index (χ1n) is 6.02. The molecule has 0 spiro atoms. The Morgan fingerprint density at radius 3 is 2.58 bits per heavy atom. The third-order valence-electron chi connectivity index (χ3n) is 3.23. The van der Waals surface area contributed by atoms with Crippen LogP contribution in [0.4, 0.5) is 0 Å². The van der Waals surface area contributed by atoms with Crippen LogP contribution in [0.25, 0.3) is 0 Å². The van der Waals surface area contributed by atoms with Gasteiger partial charge in [0.15, 0.2) is 9.84 Å². The van der Waals surface area contributed by atoms with Crippen LogP contribution in [0.15, 0.2) is 18.2 Å². The van der Waals surface area contributed by atoms with E-state index >= 15 is 0 Å². The van der Waals surface area contributed by atoms with Gasteiger partial charge >= 0.3 is 0 Å². The molecule has 0 N–H and O–H groups in total. The van der Waals surface area contributed by atoms with Gasteiger partial charge < -0.3 is 0 Å². The van der Waals surface area contributed by atoms with Gasteiger partial charge in [-0.25, -0.2) is 8.42 Å². The molecule has 1 heterocycles. The van der Waals surface area contributed by atoms with Crippen LogP contribution in [0.1, 0.15) is 18.4 Å². The Bertz CT molecular complexity index is 596. The molecule has 0 amide bonds. The Labute approximate surface area is 122 Å². The number of rotatable bonds is 4. The zero-order valence-corrected chi connectivity index (χ0v) is 12.6. The van der Waals surface area contributed by atoms with Crippen LogP contribution in [0.3, 0.4) is 0 Å². The fraction of sp³-hybridized carbons (Fsp3) is 0.462. The zero-order valence-electron chi connectivity index (χ0n) is 10.2. The number of ketones is 1. The van der Waals surface area contributed by atoms with Crippen molar-refractivity contribution in [2.75, 3.05) is 11.5 Å². The van der Waals surface area contributed by atoms with E-state index in [0.29, 0.717) is 22.9 Å². The van der Waals surface area contributed by atoms with Gasteiger partial charge in [-0.3, -0.25) is 4.79 Å². The van der Waals surface area contributed by atoms with Crippen LogP contribution in [0, 0.1) is 5.92 Å². The Hall–Kier alpha value is -0.580. The fourth-order valence-corrected chi connectivity index (χ4v) is 4.49. The highest BCUT2D eigenvalue weighted by Crippen LogP contribution is 2.25. The van der Waals surface area contributed by atoms with Crippen molar-refractivity contribution in [1.82, 2.24) is 0 Å². The van der Waals surface area contributed by atoms with Crippen LogP contribution in [-0.2, 0) is 21.1 Å². The van der Waals surface area contributed by atoms with Crippen molar-refractivity contribution < 1.29 is 13.2 Å². The predicted molar refractivity (Wildman–Crippen MR) is 76.6 cm³/mol. The average molecular weight is 321 g/mol. The molecule has 0 saturated carbocycles. The molecule has 2 rings (SSSR count). The average Bonchev–Trinajstić information content (AvgIpc) is 2.63. The highest BCUT2D eigenvalue weighted by Gasteiger charge is 2.29. The number of sulfone groups is 1. The van der Waals surface area contributed by atoms with E-state index in [4.69, 9.17) is 23.2 Å². The number of Topliss-reactive ketones (excluding diaryl/α,β-unsaturated/α-hetero) is 1. The maximum absolute atomic E-state index is 11.9. The predicted octanol–water partition coefficient (Wildman–Crippen LogP) is 2.93. The summed E-state index contributed by atoms with van der Waals surface area (Å²) in [5, 5.41) is 0.884. The van der Waals surface area contributed by atoms with Crippen molar-refractivity contribution in [2.24, 2.45) is 5.92 Å². The van der Waals surface area contributed by atoms with Gasteiger partial charge in [0.2, 0.25) is 0 Å². The van der Waals surface area contributed by atoms with Gasteiger partial charge in [-0.05, 0) is 30.0 Å². The van der Waals surface area contributed by atoms with Crippen LogP contribution >= 0.6 is 23.2 Å². The van der Waals surface area contributed by atoms with Crippen LogP contribution < -0.4 is 0 Å². The van der Waals surface area contributed by atoms with E-state index in [9.17, 15) is 13.2 Å². The molecule has 104 valence electrons. The SMILES string of the molecule is O=C(Cc1ccc(Cl)c(Cl)c1)CC1CCS(=O)(=O)C1.